The lowest BCUT2D eigenvalue weighted by Gasteiger charge is -2.26. The molecule has 1 saturated heterocycles. The van der Waals surface area contributed by atoms with Crippen LogP contribution in [0, 0.1) is 10.1 Å². The summed E-state index contributed by atoms with van der Waals surface area (Å²) >= 11 is 0. The first-order chi connectivity index (χ1) is 20.9. The number of nitrogens with zero attached hydrogens (tertiary/aromatic N) is 2. The fraction of sp³-hybridized carbons (Fsp3) is 0.167. The second kappa shape index (κ2) is 12.7. The molecule has 1 N–H and O–H groups in total. The van der Waals surface area contributed by atoms with E-state index in [0.29, 0.717) is 30.1 Å². The van der Waals surface area contributed by atoms with E-state index in [1.165, 1.54) is 43.5 Å². The normalized spacial score (nSPS) is 14.3. The number of carbonyl (C=O) groups is 3. The molecular formula is C30H24F3N3O8. The van der Waals surface area contributed by atoms with Gasteiger partial charge in [-0.25, -0.2) is 9.69 Å². The van der Waals surface area contributed by atoms with Crippen LogP contribution in [-0.4, -0.2) is 36.5 Å². The van der Waals surface area contributed by atoms with Crippen molar-refractivity contribution >= 4 is 35.3 Å². The number of urea groups is 1. The quantitative estimate of drug-likeness (QED) is 0.0940. The van der Waals surface area contributed by atoms with Crippen molar-refractivity contribution in [3.63, 3.8) is 0 Å². The number of nitro benzene ring substituents is 1. The second-order valence-corrected chi connectivity index (χ2v) is 9.13. The van der Waals surface area contributed by atoms with E-state index < -0.39 is 51.5 Å². The average molecular weight is 612 g/mol. The topological polar surface area (TPSA) is 137 Å². The molecule has 0 spiro atoms. The number of rotatable bonds is 10. The Morgan fingerprint density at radius 2 is 1.75 bits per heavy atom. The summed E-state index contributed by atoms with van der Waals surface area (Å²) in [4.78, 5) is 50.0. The van der Waals surface area contributed by atoms with Gasteiger partial charge in [-0.1, -0.05) is 6.08 Å². The number of imide groups is 2. The number of benzene rings is 3. The van der Waals surface area contributed by atoms with Crippen molar-refractivity contribution in [2.45, 2.75) is 19.5 Å². The summed E-state index contributed by atoms with van der Waals surface area (Å²) < 4.78 is 56.0. The largest absolute Gasteiger partial charge is 0.494 e. The number of alkyl halides is 3. The number of barbiturate groups is 1. The van der Waals surface area contributed by atoms with Gasteiger partial charge in [0.05, 0.1) is 29.9 Å². The molecule has 3 aromatic rings. The third-order valence-corrected chi connectivity index (χ3v) is 6.25. The zero-order valence-corrected chi connectivity index (χ0v) is 23.3. The van der Waals surface area contributed by atoms with E-state index in [2.05, 4.69) is 11.9 Å². The van der Waals surface area contributed by atoms with E-state index in [1.54, 1.807) is 19.1 Å². The van der Waals surface area contributed by atoms with E-state index in [0.717, 1.165) is 11.0 Å². The summed E-state index contributed by atoms with van der Waals surface area (Å²) in [5, 5.41) is 13.7. The lowest BCUT2D eigenvalue weighted by atomic mass is 10.0. The van der Waals surface area contributed by atoms with E-state index in [9.17, 15) is 37.7 Å². The van der Waals surface area contributed by atoms with Gasteiger partial charge in [0.1, 0.15) is 11.3 Å². The Morgan fingerprint density at radius 1 is 1.05 bits per heavy atom. The Balaban J connectivity index is 1.75. The highest BCUT2D eigenvalue weighted by molar-refractivity contribution is 6.39. The van der Waals surface area contributed by atoms with Crippen LogP contribution in [0.1, 0.15) is 23.6 Å². The summed E-state index contributed by atoms with van der Waals surface area (Å²) in [6.07, 6.45) is -2.05. The molecule has 3 aromatic carbocycles. The van der Waals surface area contributed by atoms with Gasteiger partial charge >= 0.3 is 17.9 Å². The minimum atomic E-state index is -4.82. The first kappa shape index (κ1) is 31.3. The highest BCUT2D eigenvalue weighted by Gasteiger charge is 2.37. The van der Waals surface area contributed by atoms with Gasteiger partial charge in [-0.3, -0.25) is 25.0 Å². The van der Waals surface area contributed by atoms with Crippen molar-refractivity contribution < 1.29 is 46.7 Å². The summed E-state index contributed by atoms with van der Waals surface area (Å²) in [7, 11) is 1.25. The molecule has 0 aromatic heterocycles. The smallest absolute Gasteiger partial charge is 0.416 e. The number of amides is 4. The van der Waals surface area contributed by atoms with E-state index >= 15 is 0 Å². The summed E-state index contributed by atoms with van der Waals surface area (Å²) in [6.45, 7) is 5.87. The average Bonchev–Trinajstić information content (AvgIpc) is 2.96. The molecule has 1 fully saturated rings. The van der Waals surface area contributed by atoms with Crippen molar-refractivity contribution in [1.82, 2.24) is 5.32 Å². The molecule has 4 amide bonds. The molecule has 0 atom stereocenters. The number of methoxy groups -OCH3 is 1. The Bertz CT molecular complexity index is 1680. The maximum Gasteiger partial charge on any atom is 0.416 e. The van der Waals surface area contributed by atoms with Gasteiger partial charge in [0, 0.05) is 11.6 Å². The van der Waals surface area contributed by atoms with Crippen molar-refractivity contribution in [2.75, 3.05) is 18.6 Å². The Labute approximate surface area is 248 Å². The number of allylic oxidation sites excluding steroid dienone is 1. The molecule has 0 saturated carbocycles. The lowest BCUT2D eigenvalue weighted by molar-refractivity contribution is -0.385. The number of ether oxygens (including phenoxy) is 3. The van der Waals surface area contributed by atoms with Crippen LogP contribution in [0.2, 0.25) is 0 Å². The van der Waals surface area contributed by atoms with Crippen molar-refractivity contribution in [3.8, 4) is 23.0 Å². The Hall–Kier alpha value is -5.66. The van der Waals surface area contributed by atoms with Gasteiger partial charge in [0.2, 0.25) is 5.75 Å². The zero-order chi connectivity index (χ0) is 32.2. The number of hydrogen-bond acceptors (Lipinski definition) is 8. The van der Waals surface area contributed by atoms with E-state index in [4.69, 9.17) is 14.2 Å². The lowest BCUT2D eigenvalue weighted by Crippen LogP contribution is -2.54. The first-order valence-electron chi connectivity index (χ1n) is 12.9. The fourth-order valence-electron chi connectivity index (χ4n) is 4.29. The van der Waals surface area contributed by atoms with Gasteiger partial charge < -0.3 is 14.2 Å². The molecule has 44 heavy (non-hydrogen) atoms. The van der Waals surface area contributed by atoms with E-state index in [-0.39, 0.29) is 29.2 Å². The zero-order valence-electron chi connectivity index (χ0n) is 23.3. The predicted molar refractivity (Wildman–Crippen MR) is 152 cm³/mol. The highest BCUT2D eigenvalue weighted by Crippen LogP contribution is 2.42. The summed E-state index contributed by atoms with van der Waals surface area (Å²) in [5.74, 6) is -1.92. The first-order valence-corrected chi connectivity index (χ1v) is 12.9. The van der Waals surface area contributed by atoms with Crippen LogP contribution in [0.25, 0.3) is 6.08 Å². The molecule has 228 valence electrons. The van der Waals surface area contributed by atoms with Gasteiger partial charge in [-0.2, -0.15) is 13.2 Å². The predicted octanol–water partition coefficient (Wildman–Crippen LogP) is 6.21. The Morgan fingerprint density at radius 3 is 2.34 bits per heavy atom. The van der Waals surface area contributed by atoms with Crippen molar-refractivity contribution in [2.24, 2.45) is 0 Å². The van der Waals surface area contributed by atoms with Gasteiger partial charge in [-0.05, 0) is 73.5 Å². The molecular weight excluding hydrogens is 587 g/mol. The number of carbonyl (C=O) groups excluding carboxylic acids is 3. The van der Waals surface area contributed by atoms with Crippen LogP contribution < -0.4 is 24.4 Å². The van der Waals surface area contributed by atoms with Gasteiger partial charge in [0.15, 0.2) is 11.5 Å². The monoisotopic (exact) mass is 611 g/mol. The SMILES string of the molecule is C=CCc1cc(/C=C2\C(=O)NC(=O)N(c3ccc(OCC)cc3)C2=O)cc(OC)c1Oc1ccc(C(F)(F)F)cc1[N+](=O)[O-]. The van der Waals surface area contributed by atoms with Gasteiger partial charge in [0.25, 0.3) is 11.8 Å². The van der Waals surface area contributed by atoms with Crippen LogP contribution in [0.4, 0.5) is 29.3 Å². The fourth-order valence-corrected chi connectivity index (χ4v) is 4.29. The van der Waals surface area contributed by atoms with E-state index in [1.807, 2.05) is 0 Å². The maximum absolute atomic E-state index is 13.4. The van der Waals surface area contributed by atoms with Crippen LogP contribution >= 0.6 is 0 Å². The highest BCUT2D eigenvalue weighted by atomic mass is 19.4. The van der Waals surface area contributed by atoms with Crippen LogP contribution in [0.15, 0.2) is 72.8 Å². The maximum atomic E-state index is 13.4. The van der Waals surface area contributed by atoms with Crippen molar-refractivity contribution in [1.29, 1.82) is 0 Å². The third kappa shape index (κ3) is 6.53. The van der Waals surface area contributed by atoms with Crippen molar-refractivity contribution in [3.05, 3.63) is 99.6 Å². The van der Waals surface area contributed by atoms with Crippen LogP contribution in [0.3, 0.4) is 0 Å². The standard InChI is InChI=1S/C30H24F3N3O8/c1-4-6-18-13-17(14-22-27(37)34-29(39)35(28(22)38)20-8-10-21(11-9-20)43-5-2)15-25(42-3)26(18)44-24-12-7-19(30(31,32)33)16-23(24)36(40)41/h4,7-16H,1,5-6H2,2-3H3,(H,34,37,39)/b22-14+. The number of nitro groups is 1. The number of halogens is 3. The van der Waals surface area contributed by atoms with Gasteiger partial charge in [-0.15, -0.1) is 6.58 Å². The van der Waals surface area contributed by atoms with Crippen LogP contribution in [0.5, 0.6) is 23.0 Å². The molecule has 4 rings (SSSR count). The number of hydrogen-bond donors (Lipinski definition) is 1. The minimum absolute atomic E-state index is 0.0199. The second-order valence-electron chi connectivity index (χ2n) is 9.13. The Kier molecular flexibility index (Phi) is 9.02. The number of nitrogens with one attached hydrogen (secondary N) is 1. The molecule has 0 radical (unpaired) electrons. The van der Waals surface area contributed by atoms with Crippen LogP contribution in [-0.2, 0) is 22.2 Å². The minimum Gasteiger partial charge on any atom is -0.494 e. The third-order valence-electron chi connectivity index (χ3n) is 6.25. The molecule has 11 nitrogen and oxygen atoms in total. The molecule has 1 aliphatic heterocycles. The molecule has 0 bridgehead atoms. The molecule has 1 heterocycles. The molecule has 1 aliphatic rings. The molecule has 14 heteroatoms. The summed E-state index contributed by atoms with van der Waals surface area (Å²) in [5.41, 5.74) is -1.82. The number of anilines is 1. The molecule has 0 unspecified atom stereocenters. The summed E-state index contributed by atoms with van der Waals surface area (Å²) in [6, 6.07) is 9.78. The molecule has 0 aliphatic carbocycles.